The molecular weight excluding hydrogens is 238 g/mol. The molecule has 1 aromatic carbocycles. The summed E-state index contributed by atoms with van der Waals surface area (Å²) >= 11 is 0. The van der Waals surface area contributed by atoms with E-state index in [2.05, 4.69) is 36.6 Å². The first kappa shape index (κ1) is 14.4. The molecular formula is C16H25NO2. The molecule has 0 spiro atoms. The van der Waals surface area contributed by atoms with Crippen LogP contribution in [0.2, 0.25) is 0 Å². The summed E-state index contributed by atoms with van der Waals surface area (Å²) < 4.78 is 11.1. The molecule has 1 fully saturated rings. The van der Waals surface area contributed by atoms with Crippen molar-refractivity contribution in [2.75, 3.05) is 20.3 Å². The molecule has 1 aliphatic rings. The number of likely N-dealkylation sites (N-methyl/N-ethyl adjacent to an activating group) is 1. The Hall–Kier alpha value is -1.06. The molecule has 1 saturated heterocycles. The molecule has 0 amide bonds. The smallest absolute Gasteiger partial charge is 0.119 e. The van der Waals surface area contributed by atoms with Crippen molar-refractivity contribution in [3.8, 4) is 5.75 Å². The Labute approximate surface area is 116 Å². The van der Waals surface area contributed by atoms with Crippen molar-refractivity contribution in [1.29, 1.82) is 0 Å². The van der Waals surface area contributed by atoms with E-state index >= 15 is 0 Å². The molecule has 1 aromatic rings. The zero-order valence-electron chi connectivity index (χ0n) is 12.2. The standard InChI is InChI=1S/C16H25NO2/c1-13(2)19-15-6-4-14(5-7-15)12-16(17-3)8-10-18-11-9-16/h4-7,13,17H,8-12H2,1-3H3. The highest BCUT2D eigenvalue weighted by atomic mass is 16.5. The molecule has 3 heteroatoms. The van der Waals surface area contributed by atoms with Crippen LogP contribution in [0.1, 0.15) is 32.3 Å². The molecule has 0 bridgehead atoms. The summed E-state index contributed by atoms with van der Waals surface area (Å²) in [6, 6.07) is 8.48. The molecule has 0 radical (unpaired) electrons. The monoisotopic (exact) mass is 263 g/mol. The maximum absolute atomic E-state index is 5.68. The summed E-state index contributed by atoms with van der Waals surface area (Å²) in [6.07, 6.45) is 3.43. The minimum atomic E-state index is 0.193. The zero-order valence-corrected chi connectivity index (χ0v) is 12.2. The number of hydrogen-bond acceptors (Lipinski definition) is 3. The van der Waals surface area contributed by atoms with Gasteiger partial charge in [-0.2, -0.15) is 0 Å². The van der Waals surface area contributed by atoms with Crippen LogP contribution in [0, 0.1) is 0 Å². The third-order valence-corrected chi connectivity index (χ3v) is 3.82. The summed E-state index contributed by atoms with van der Waals surface area (Å²) in [5, 5.41) is 3.50. The van der Waals surface area contributed by atoms with Crippen molar-refractivity contribution in [3.05, 3.63) is 29.8 Å². The van der Waals surface area contributed by atoms with Crippen LogP contribution >= 0.6 is 0 Å². The van der Waals surface area contributed by atoms with E-state index in [0.29, 0.717) is 0 Å². The predicted molar refractivity (Wildman–Crippen MR) is 77.8 cm³/mol. The summed E-state index contributed by atoms with van der Waals surface area (Å²) in [7, 11) is 2.06. The molecule has 0 aliphatic carbocycles. The average molecular weight is 263 g/mol. The van der Waals surface area contributed by atoms with Gasteiger partial charge in [0.15, 0.2) is 0 Å². The van der Waals surface area contributed by atoms with Crippen molar-refractivity contribution >= 4 is 0 Å². The second kappa shape index (κ2) is 6.40. The topological polar surface area (TPSA) is 30.5 Å². The van der Waals surface area contributed by atoms with Crippen molar-refractivity contribution in [2.45, 2.75) is 44.8 Å². The van der Waals surface area contributed by atoms with E-state index in [4.69, 9.17) is 9.47 Å². The highest BCUT2D eigenvalue weighted by Gasteiger charge is 2.30. The number of nitrogens with one attached hydrogen (secondary N) is 1. The van der Waals surface area contributed by atoms with E-state index in [9.17, 15) is 0 Å². The lowest BCUT2D eigenvalue weighted by Crippen LogP contribution is -2.49. The lowest BCUT2D eigenvalue weighted by atomic mass is 9.84. The summed E-state index contributed by atoms with van der Waals surface area (Å²) in [6.45, 7) is 5.81. The van der Waals surface area contributed by atoms with Crippen LogP contribution in [0.3, 0.4) is 0 Å². The lowest BCUT2D eigenvalue weighted by molar-refractivity contribution is 0.0413. The molecule has 0 unspecified atom stereocenters. The first-order valence-corrected chi connectivity index (χ1v) is 7.16. The summed E-state index contributed by atoms with van der Waals surface area (Å²) in [5.74, 6) is 0.948. The Balaban J connectivity index is 2.01. The Morgan fingerprint density at radius 3 is 2.37 bits per heavy atom. The molecule has 0 atom stereocenters. The molecule has 106 valence electrons. The van der Waals surface area contributed by atoms with Crippen molar-refractivity contribution in [2.24, 2.45) is 0 Å². The van der Waals surface area contributed by atoms with E-state index < -0.39 is 0 Å². The first-order chi connectivity index (χ1) is 9.13. The van der Waals surface area contributed by atoms with Crippen molar-refractivity contribution < 1.29 is 9.47 Å². The van der Waals surface area contributed by atoms with E-state index in [1.165, 1.54) is 5.56 Å². The number of rotatable bonds is 5. The van der Waals surface area contributed by atoms with Crippen LogP contribution in [0.15, 0.2) is 24.3 Å². The molecule has 2 rings (SSSR count). The lowest BCUT2D eigenvalue weighted by Gasteiger charge is -2.37. The Bertz CT molecular complexity index is 380. The van der Waals surface area contributed by atoms with Gasteiger partial charge in [0, 0.05) is 18.8 Å². The van der Waals surface area contributed by atoms with Gasteiger partial charge in [0.05, 0.1) is 6.10 Å². The molecule has 1 aliphatic heterocycles. The van der Waals surface area contributed by atoms with Gasteiger partial charge in [-0.05, 0) is 57.9 Å². The fraction of sp³-hybridized carbons (Fsp3) is 0.625. The predicted octanol–water partition coefficient (Wildman–Crippen LogP) is 2.78. The minimum absolute atomic E-state index is 0.193. The zero-order chi connectivity index (χ0) is 13.7. The van der Waals surface area contributed by atoms with Gasteiger partial charge in [0.2, 0.25) is 0 Å². The Morgan fingerprint density at radius 1 is 1.21 bits per heavy atom. The largest absolute Gasteiger partial charge is 0.491 e. The fourth-order valence-corrected chi connectivity index (χ4v) is 2.63. The van der Waals surface area contributed by atoms with Crippen molar-refractivity contribution in [1.82, 2.24) is 5.32 Å². The molecule has 3 nitrogen and oxygen atoms in total. The van der Waals surface area contributed by atoms with Gasteiger partial charge < -0.3 is 14.8 Å². The SMILES string of the molecule is CNC1(Cc2ccc(OC(C)C)cc2)CCOCC1. The first-order valence-electron chi connectivity index (χ1n) is 7.16. The van der Waals surface area contributed by atoms with Crippen LogP contribution < -0.4 is 10.1 Å². The quantitative estimate of drug-likeness (QED) is 0.886. The highest BCUT2D eigenvalue weighted by Crippen LogP contribution is 2.26. The highest BCUT2D eigenvalue weighted by molar-refractivity contribution is 5.28. The Morgan fingerprint density at radius 2 is 1.84 bits per heavy atom. The van der Waals surface area contributed by atoms with Gasteiger partial charge in [-0.15, -0.1) is 0 Å². The van der Waals surface area contributed by atoms with Crippen LogP contribution in [-0.2, 0) is 11.2 Å². The summed E-state index contributed by atoms with van der Waals surface area (Å²) in [5.41, 5.74) is 1.55. The summed E-state index contributed by atoms with van der Waals surface area (Å²) in [4.78, 5) is 0. The molecule has 0 aromatic heterocycles. The van der Waals surface area contributed by atoms with Gasteiger partial charge >= 0.3 is 0 Å². The van der Waals surface area contributed by atoms with E-state index in [-0.39, 0.29) is 11.6 Å². The third kappa shape index (κ3) is 3.95. The molecule has 0 saturated carbocycles. The van der Waals surface area contributed by atoms with E-state index in [1.54, 1.807) is 0 Å². The minimum Gasteiger partial charge on any atom is -0.491 e. The molecule has 19 heavy (non-hydrogen) atoms. The van der Waals surface area contributed by atoms with Gasteiger partial charge in [-0.25, -0.2) is 0 Å². The van der Waals surface area contributed by atoms with Crippen LogP contribution in [0.5, 0.6) is 5.75 Å². The molecule has 1 N–H and O–H groups in total. The van der Waals surface area contributed by atoms with Gasteiger partial charge in [0.25, 0.3) is 0 Å². The Kier molecular flexibility index (Phi) is 4.83. The van der Waals surface area contributed by atoms with E-state index in [1.807, 2.05) is 13.8 Å². The maximum atomic E-state index is 5.68. The maximum Gasteiger partial charge on any atom is 0.119 e. The second-order valence-electron chi connectivity index (χ2n) is 5.63. The fourth-order valence-electron chi connectivity index (χ4n) is 2.63. The van der Waals surface area contributed by atoms with Gasteiger partial charge in [0.1, 0.15) is 5.75 Å². The second-order valence-corrected chi connectivity index (χ2v) is 5.63. The van der Waals surface area contributed by atoms with Gasteiger partial charge in [-0.3, -0.25) is 0 Å². The number of ether oxygens (including phenoxy) is 2. The number of benzene rings is 1. The third-order valence-electron chi connectivity index (χ3n) is 3.82. The van der Waals surface area contributed by atoms with E-state index in [0.717, 1.165) is 38.2 Å². The van der Waals surface area contributed by atoms with Crippen LogP contribution in [0.25, 0.3) is 0 Å². The van der Waals surface area contributed by atoms with Crippen molar-refractivity contribution in [3.63, 3.8) is 0 Å². The van der Waals surface area contributed by atoms with Crippen LogP contribution in [-0.4, -0.2) is 31.9 Å². The van der Waals surface area contributed by atoms with Crippen LogP contribution in [0.4, 0.5) is 0 Å². The number of hydrogen-bond donors (Lipinski definition) is 1. The average Bonchev–Trinajstić information content (AvgIpc) is 2.41. The molecule has 1 heterocycles. The normalized spacial score (nSPS) is 18.5. The van der Waals surface area contributed by atoms with Gasteiger partial charge in [-0.1, -0.05) is 12.1 Å².